The first-order valence-corrected chi connectivity index (χ1v) is 10.1. The number of benzene rings is 2. The molecule has 2 aromatic rings. The van der Waals surface area contributed by atoms with Crippen LogP contribution in [0, 0.1) is 0 Å². The topological polar surface area (TPSA) is 84.9 Å². The number of alkyl halides is 3. The molecule has 0 radical (unpaired) electrons. The minimum absolute atomic E-state index is 0.0578. The fourth-order valence-electron chi connectivity index (χ4n) is 3.52. The zero-order valence-corrected chi connectivity index (χ0v) is 17.6. The zero-order valence-electron chi connectivity index (χ0n) is 17.6. The van der Waals surface area contributed by atoms with E-state index in [-0.39, 0.29) is 24.2 Å². The number of hydrogen-bond donors (Lipinski definition) is 3. The second-order valence-electron chi connectivity index (χ2n) is 7.80. The molecule has 172 valence electrons. The summed E-state index contributed by atoms with van der Waals surface area (Å²) in [7, 11) is 1.98. The van der Waals surface area contributed by atoms with Crippen molar-refractivity contribution in [2.45, 2.75) is 19.1 Å². The summed E-state index contributed by atoms with van der Waals surface area (Å²) in [4.78, 5) is 27.1. The number of carboxylic acid groups (broad SMARTS) is 1. The number of halogens is 3. The van der Waals surface area contributed by atoms with E-state index in [9.17, 15) is 22.8 Å². The third-order valence-electron chi connectivity index (χ3n) is 5.26. The van der Waals surface area contributed by atoms with Gasteiger partial charge in [0.1, 0.15) is 0 Å². The molecular weight excluding hydrogens is 425 g/mol. The van der Waals surface area contributed by atoms with Crippen LogP contribution in [-0.4, -0.2) is 60.1 Å². The Morgan fingerprint density at radius 2 is 1.59 bits per heavy atom. The number of rotatable bonds is 6. The van der Waals surface area contributed by atoms with Gasteiger partial charge in [-0.3, -0.25) is 15.0 Å². The van der Waals surface area contributed by atoms with E-state index in [1.54, 1.807) is 12.1 Å². The highest BCUT2D eigenvalue weighted by molar-refractivity contribution is 5.92. The van der Waals surface area contributed by atoms with Gasteiger partial charge in [0.15, 0.2) is 0 Å². The zero-order chi connectivity index (χ0) is 23.3. The van der Waals surface area contributed by atoms with Gasteiger partial charge in [-0.1, -0.05) is 18.2 Å². The van der Waals surface area contributed by atoms with Crippen LogP contribution in [0.3, 0.4) is 0 Å². The first-order chi connectivity index (χ1) is 15.1. The second-order valence-corrected chi connectivity index (χ2v) is 7.80. The molecule has 0 spiro atoms. The van der Waals surface area contributed by atoms with E-state index in [2.05, 4.69) is 15.5 Å². The molecule has 2 aromatic carbocycles. The van der Waals surface area contributed by atoms with Crippen molar-refractivity contribution < 1.29 is 27.9 Å². The van der Waals surface area contributed by atoms with Crippen molar-refractivity contribution in [1.82, 2.24) is 9.80 Å². The van der Waals surface area contributed by atoms with Gasteiger partial charge in [0.25, 0.3) is 0 Å². The van der Waals surface area contributed by atoms with Crippen molar-refractivity contribution in [2.24, 2.45) is 0 Å². The molecule has 0 atom stereocenters. The second kappa shape index (κ2) is 10.0. The number of piperazine rings is 1. The maximum absolute atomic E-state index is 13.7. The SMILES string of the molecule is CN1CCN(Cc2ccc(NC(=O)Cc3ccc(NC(=O)O)cc3)cc2C(F)(F)F)CC1. The van der Waals surface area contributed by atoms with Crippen LogP contribution < -0.4 is 10.6 Å². The standard InChI is InChI=1S/C22H25F3N4O3/c1-28-8-10-29(11-9-28)14-16-4-7-18(13-19(16)22(23,24)25)26-20(30)12-15-2-5-17(6-3-15)27-21(31)32/h2-7,13,27H,8-12,14H2,1H3,(H,26,30)(H,31,32). The molecule has 32 heavy (non-hydrogen) atoms. The summed E-state index contributed by atoms with van der Waals surface area (Å²) in [6, 6.07) is 10.0. The van der Waals surface area contributed by atoms with E-state index in [4.69, 9.17) is 5.11 Å². The molecule has 1 fully saturated rings. The molecule has 10 heteroatoms. The van der Waals surface area contributed by atoms with Crippen LogP contribution in [-0.2, 0) is 23.9 Å². The van der Waals surface area contributed by atoms with Crippen molar-refractivity contribution in [1.29, 1.82) is 0 Å². The van der Waals surface area contributed by atoms with Gasteiger partial charge in [0, 0.05) is 44.1 Å². The molecule has 0 aromatic heterocycles. The predicted molar refractivity (Wildman–Crippen MR) is 115 cm³/mol. The van der Waals surface area contributed by atoms with Crippen LogP contribution in [0.15, 0.2) is 42.5 Å². The Morgan fingerprint density at radius 3 is 2.19 bits per heavy atom. The lowest BCUT2D eigenvalue weighted by molar-refractivity contribution is -0.138. The van der Waals surface area contributed by atoms with Gasteiger partial charge in [-0.15, -0.1) is 0 Å². The molecule has 3 rings (SSSR count). The van der Waals surface area contributed by atoms with E-state index < -0.39 is 23.7 Å². The Morgan fingerprint density at radius 1 is 0.969 bits per heavy atom. The van der Waals surface area contributed by atoms with Crippen LogP contribution in [0.4, 0.5) is 29.3 Å². The van der Waals surface area contributed by atoms with Crippen LogP contribution in [0.2, 0.25) is 0 Å². The minimum atomic E-state index is -4.53. The Labute approximate surface area is 183 Å². The molecule has 1 aliphatic rings. The first-order valence-electron chi connectivity index (χ1n) is 10.1. The molecule has 3 N–H and O–H groups in total. The van der Waals surface area contributed by atoms with Crippen LogP contribution >= 0.6 is 0 Å². The van der Waals surface area contributed by atoms with Crippen LogP contribution in [0.5, 0.6) is 0 Å². The molecule has 0 bridgehead atoms. The number of anilines is 2. The highest BCUT2D eigenvalue weighted by Crippen LogP contribution is 2.34. The molecule has 7 nitrogen and oxygen atoms in total. The lowest BCUT2D eigenvalue weighted by Gasteiger charge is -2.33. The number of likely N-dealkylation sites (N-methyl/N-ethyl adjacent to an activating group) is 1. The summed E-state index contributed by atoms with van der Waals surface area (Å²) in [5.41, 5.74) is 0.460. The molecular formula is C22H25F3N4O3. The summed E-state index contributed by atoms with van der Waals surface area (Å²) >= 11 is 0. The van der Waals surface area contributed by atoms with Gasteiger partial charge < -0.3 is 15.3 Å². The van der Waals surface area contributed by atoms with Gasteiger partial charge in [-0.25, -0.2) is 4.79 Å². The predicted octanol–water partition coefficient (Wildman–Crippen LogP) is 3.72. The number of hydrogen-bond acceptors (Lipinski definition) is 4. The lowest BCUT2D eigenvalue weighted by Crippen LogP contribution is -2.44. The Kier molecular flexibility index (Phi) is 7.37. The largest absolute Gasteiger partial charge is 0.465 e. The van der Waals surface area contributed by atoms with Crippen molar-refractivity contribution in [3.8, 4) is 0 Å². The third-order valence-corrected chi connectivity index (χ3v) is 5.26. The number of nitrogens with one attached hydrogen (secondary N) is 2. The van der Waals surface area contributed by atoms with Gasteiger partial charge in [-0.05, 0) is 42.4 Å². The summed E-state index contributed by atoms with van der Waals surface area (Å²) < 4.78 is 41.0. The quantitative estimate of drug-likeness (QED) is 0.625. The summed E-state index contributed by atoms with van der Waals surface area (Å²) in [6.07, 6.45) is -5.79. The third kappa shape index (κ3) is 6.69. The molecule has 2 amide bonds. The number of nitrogens with zero attached hydrogens (tertiary/aromatic N) is 2. The van der Waals surface area contributed by atoms with Crippen molar-refractivity contribution >= 4 is 23.4 Å². The van der Waals surface area contributed by atoms with E-state index in [1.165, 1.54) is 24.3 Å². The molecule has 1 heterocycles. The van der Waals surface area contributed by atoms with E-state index in [0.717, 1.165) is 19.2 Å². The number of amides is 2. The summed E-state index contributed by atoms with van der Waals surface area (Å²) in [5, 5.41) is 13.4. The highest BCUT2D eigenvalue weighted by atomic mass is 19.4. The van der Waals surface area contributed by atoms with E-state index >= 15 is 0 Å². The lowest BCUT2D eigenvalue weighted by atomic mass is 10.0. The van der Waals surface area contributed by atoms with E-state index in [1.807, 2.05) is 11.9 Å². The average Bonchev–Trinajstić information content (AvgIpc) is 2.71. The fourth-order valence-corrected chi connectivity index (χ4v) is 3.52. The monoisotopic (exact) mass is 450 g/mol. The summed E-state index contributed by atoms with van der Waals surface area (Å²) in [5.74, 6) is -0.469. The van der Waals surface area contributed by atoms with Gasteiger partial charge in [0.2, 0.25) is 5.91 Å². The van der Waals surface area contributed by atoms with Gasteiger partial charge >= 0.3 is 12.3 Å². The number of carbonyl (C=O) groups excluding carboxylic acids is 1. The van der Waals surface area contributed by atoms with Crippen molar-refractivity contribution in [2.75, 3.05) is 43.9 Å². The smallest absolute Gasteiger partial charge is 0.416 e. The molecule has 0 unspecified atom stereocenters. The van der Waals surface area contributed by atoms with Gasteiger partial charge in [0.05, 0.1) is 12.0 Å². The van der Waals surface area contributed by atoms with Crippen molar-refractivity contribution in [3.63, 3.8) is 0 Å². The molecule has 1 saturated heterocycles. The first kappa shape index (κ1) is 23.6. The number of carbonyl (C=O) groups is 2. The van der Waals surface area contributed by atoms with Gasteiger partial charge in [-0.2, -0.15) is 13.2 Å². The minimum Gasteiger partial charge on any atom is -0.465 e. The fraction of sp³-hybridized carbons (Fsp3) is 0.364. The van der Waals surface area contributed by atoms with E-state index in [0.29, 0.717) is 24.3 Å². The summed E-state index contributed by atoms with van der Waals surface area (Å²) in [6.45, 7) is 3.22. The maximum atomic E-state index is 13.7. The van der Waals surface area contributed by atoms with Crippen LogP contribution in [0.1, 0.15) is 16.7 Å². The molecule has 1 aliphatic heterocycles. The Bertz CT molecular complexity index is 956. The Hall–Kier alpha value is -3.11. The maximum Gasteiger partial charge on any atom is 0.416 e. The van der Waals surface area contributed by atoms with Crippen LogP contribution in [0.25, 0.3) is 0 Å². The van der Waals surface area contributed by atoms with Crippen molar-refractivity contribution in [3.05, 3.63) is 59.2 Å². The highest BCUT2D eigenvalue weighted by Gasteiger charge is 2.34. The average molecular weight is 450 g/mol. The Balaban J connectivity index is 1.67. The molecule has 0 saturated carbocycles. The normalized spacial score (nSPS) is 15.4. The molecule has 0 aliphatic carbocycles.